The van der Waals surface area contributed by atoms with Crippen LogP contribution in [0.2, 0.25) is 0 Å². The van der Waals surface area contributed by atoms with E-state index in [2.05, 4.69) is 22.4 Å². The van der Waals surface area contributed by atoms with Crippen LogP contribution in [0, 0.1) is 0 Å². The quantitative estimate of drug-likeness (QED) is 0.667. The van der Waals surface area contributed by atoms with Crippen LogP contribution >= 0.6 is 0 Å². The standard InChI is InChI=1S/C19H24N6O2/c1-4-14-5-7-15(8-6-14)16-11-17-19(27)24(21-13-25(17)22-16)12-18(26)20-9-10-23(2)3/h5-8,11,13H,4,9-10,12H2,1-3H3,(H,20,26). The zero-order valence-electron chi connectivity index (χ0n) is 15.8. The molecule has 0 spiro atoms. The summed E-state index contributed by atoms with van der Waals surface area (Å²) in [4.78, 5) is 26.6. The predicted octanol–water partition coefficient (Wildman–Crippen LogP) is 0.798. The van der Waals surface area contributed by atoms with Crippen LogP contribution in [0.5, 0.6) is 0 Å². The minimum absolute atomic E-state index is 0.117. The number of carbonyl (C=O) groups is 1. The molecule has 0 aliphatic carbocycles. The first-order valence-electron chi connectivity index (χ1n) is 8.94. The van der Waals surface area contributed by atoms with Crippen LogP contribution in [-0.4, -0.2) is 57.4 Å². The van der Waals surface area contributed by atoms with Gasteiger partial charge in [0.05, 0.1) is 5.69 Å². The maximum atomic E-state index is 12.6. The number of rotatable bonds is 7. The summed E-state index contributed by atoms with van der Waals surface area (Å²) in [5.74, 6) is -0.245. The fourth-order valence-electron chi connectivity index (χ4n) is 2.71. The molecule has 8 nitrogen and oxygen atoms in total. The molecule has 0 atom stereocenters. The van der Waals surface area contributed by atoms with E-state index >= 15 is 0 Å². The van der Waals surface area contributed by atoms with Crippen molar-refractivity contribution in [3.05, 3.63) is 52.6 Å². The second-order valence-electron chi connectivity index (χ2n) is 6.66. The molecule has 0 bridgehead atoms. The zero-order chi connectivity index (χ0) is 19.4. The lowest BCUT2D eigenvalue weighted by Crippen LogP contribution is -2.37. The molecule has 2 aromatic heterocycles. The van der Waals surface area contributed by atoms with Crippen molar-refractivity contribution in [2.45, 2.75) is 19.9 Å². The predicted molar refractivity (Wildman–Crippen MR) is 104 cm³/mol. The van der Waals surface area contributed by atoms with Gasteiger partial charge in [-0.1, -0.05) is 31.2 Å². The lowest BCUT2D eigenvalue weighted by molar-refractivity contribution is -0.121. The third-order valence-corrected chi connectivity index (χ3v) is 4.32. The fourth-order valence-corrected chi connectivity index (χ4v) is 2.71. The Labute approximate surface area is 157 Å². The van der Waals surface area contributed by atoms with Gasteiger partial charge in [-0.2, -0.15) is 10.2 Å². The average molecular weight is 368 g/mol. The fraction of sp³-hybridized carbons (Fsp3) is 0.368. The molecular formula is C19H24N6O2. The molecular weight excluding hydrogens is 344 g/mol. The second kappa shape index (κ2) is 8.13. The third kappa shape index (κ3) is 4.40. The van der Waals surface area contributed by atoms with Crippen molar-refractivity contribution >= 4 is 11.4 Å². The second-order valence-corrected chi connectivity index (χ2v) is 6.66. The number of hydrogen-bond acceptors (Lipinski definition) is 5. The van der Waals surface area contributed by atoms with Crippen LogP contribution in [0.4, 0.5) is 0 Å². The van der Waals surface area contributed by atoms with Crippen LogP contribution in [0.25, 0.3) is 16.8 Å². The number of carbonyl (C=O) groups excluding carboxylic acids is 1. The Morgan fingerprint density at radius 3 is 2.63 bits per heavy atom. The van der Waals surface area contributed by atoms with Gasteiger partial charge >= 0.3 is 0 Å². The van der Waals surface area contributed by atoms with E-state index in [9.17, 15) is 9.59 Å². The molecule has 1 aromatic carbocycles. The Bertz CT molecular complexity index is 988. The Morgan fingerprint density at radius 2 is 1.96 bits per heavy atom. The van der Waals surface area contributed by atoms with Crippen LogP contribution < -0.4 is 10.9 Å². The zero-order valence-corrected chi connectivity index (χ0v) is 15.8. The molecule has 3 rings (SSSR count). The van der Waals surface area contributed by atoms with E-state index in [0.29, 0.717) is 17.8 Å². The monoisotopic (exact) mass is 368 g/mol. The van der Waals surface area contributed by atoms with E-state index in [4.69, 9.17) is 0 Å². The highest BCUT2D eigenvalue weighted by atomic mass is 16.2. The summed E-state index contributed by atoms with van der Waals surface area (Å²) >= 11 is 0. The Balaban J connectivity index is 1.80. The van der Waals surface area contributed by atoms with Crippen LogP contribution in [-0.2, 0) is 17.8 Å². The molecule has 0 fully saturated rings. The van der Waals surface area contributed by atoms with E-state index in [1.165, 1.54) is 16.4 Å². The van der Waals surface area contributed by atoms with E-state index in [1.54, 1.807) is 6.07 Å². The topological polar surface area (TPSA) is 84.5 Å². The minimum atomic E-state index is -0.343. The molecule has 0 radical (unpaired) electrons. The number of benzene rings is 1. The van der Waals surface area contributed by atoms with Crippen LogP contribution in [0.1, 0.15) is 12.5 Å². The highest BCUT2D eigenvalue weighted by Gasteiger charge is 2.12. The van der Waals surface area contributed by atoms with Crippen molar-refractivity contribution in [2.75, 3.05) is 27.2 Å². The Hall–Kier alpha value is -3.00. The number of amides is 1. The molecule has 0 saturated heterocycles. The maximum Gasteiger partial charge on any atom is 0.293 e. The van der Waals surface area contributed by atoms with Crippen molar-refractivity contribution in [1.82, 2.24) is 29.6 Å². The van der Waals surface area contributed by atoms with Gasteiger partial charge in [-0.3, -0.25) is 9.59 Å². The van der Waals surface area contributed by atoms with Gasteiger partial charge in [0.1, 0.15) is 18.4 Å². The largest absolute Gasteiger partial charge is 0.353 e. The molecule has 27 heavy (non-hydrogen) atoms. The number of aryl methyl sites for hydroxylation is 1. The normalized spacial score (nSPS) is 11.3. The number of aromatic nitrogens is 4. The summed E-state index contributed by atoms with van der Waals surface area (Å²) in [7, 11) is 3.86. The van der Waals surface area contributed by atoms with E-state index in [1.807, 2.05) is 43.3 Å². The van der Waals surface area contributed by atoms with Gasteiger partial charge < -0.3 is 10.2 Å². The van der Waals surface area contributed by atoms with Gasteiger partial charge in [-0.25, -0.2) is 9.20 Å². The third-order valence-electron chi connectivity index (χ3n) is 4.32. The molecule has 2 heterocycles. The first-order chi connectivity index (χ1) is 13.0. The molecule has 0 aliphatic rings. The molecule has 0 aliphatic heterocycles. The Kier molecular flexibility index (Phi) is 5.66. The van der Waals surface area contributed by atoms with E-state index in [-0.39, 0.29) is 18.0 Å². The van der Waals surface area contributed by atoms with Crippen molar-refractivity contribution < 1.29 is 4.79 Å². The minimum Gasteiger partial charge on any atom is -0.353 e. The van der Waals surface area contributed by atoms with Gasteiger partial charge in [0.25, 0.3) is 5.56 Å². The Morgan fingerprint density at radius 1 is 1.22 bits per heavy atom. The van der Waals surface area contributed by atoms with E-state index < -0.39 is 0 Å². The van der Waals surface area contributed by atoms with Crippen molar-refractivity contribution in [1.29, 1.82) is 0 Å². The lowest BCUT2D eigenvalue weighted by Gasteiger charge is -2.10. The lowest BCUT2D eigenvalue weighted by atomic mass is 10.1. The highest BCUT2D eigenvalue weighted by Crippen LogP contribution is 2.19. The number of likely N-dealkylation sites (N-methyl/N-ethyl adjacent to an activating group) is 1. The summed E-state index contributed by atoms with van der Waals surface area (Å²) in [6.45, 7) is 3.24. The van der Waals surface area contributed by atoms with Crippen LogP contribution in [0.15, 0.2) is 41.5 Å². The van der Waals surface area contributed by atoms with Crippen molar-refractivity contribution in [3.63, 3.8) is 0 Å². The molecule has 1 N–H and O–H groups in total. The molecule has 142 valence electrons. The average Bonchev–Trinajstić information content (AvgIpc) is 3.09. The molecule has 3 aromatic rings. The van der Waals surface area contributed by atoms with Crippen molar-refractivity contribution in [3.8, 4) is 11.3 Å². The summed E-state index contributed by atoms with van der Waals surface area (Å²) in [5, 5.41) is 11.3. The van der Waals surface area contributed by atoms with Gasteiger partial charge in [-0.15, -0.1) is 0 Å². The molecule has 8 heteroatoms. The first-order valence-corrected chi connectivity index (χ1v) is 8.94. The number of nitrogens with one attached hydrogen (secondary N) is 1. The summed E-state index contributed by atoms with van der Waals surface area (Å²) < 4.78 is 2.61. The van der Waals surface area contributed by atoms with E-state index in [0.717, 1.165) is 23.2 Å². The number of fused-ring (bicyclic) bond motifs is 1. The first kappa shape index (κ1) is 18.8. The SMILES string of the molecule is CCc1ccc(-c2cc3c(=O)n(CC(=O)NCCN(C)C)ncn3n2)cc1. The summed E-state index contributed by atoms with van der Waals surface area (Å²) in [6.07, 6.45) is 2.42. The van der Waals surface area contributed by atoms with Gasteiger partial charge in [0, 0.05) is 18.7 Å². The number of nitrogens with zero attached hydrogens (tertiary/aromatic N) is 5. The smallest absolute Gasteiger partial charge is 0.293 e. The van der Waals surface area contributed by atoms with Gasteiger partial charge in [-0.05, 0) is 32.1 Å². The van der Waals surface area contributed by atoms with Gasteiger partial charge in [0.15, 0.2) is 0 Å². The molecule has 1 amide bonds. The van der Waals surface area contributed by atoms with Crippen LogP contribution in [0.3, 0.4) is 0 Å². The number of hydrogen-bond donors (Lipinski definition) is 1. The maximum absolute atomic E-state index is 12.6. The van der Waals surface area contributed by atoms with Gasteiger partial charge in [0.2, 0.25) is 5.91 Å². The molecule has 0 saturated carbocycles. The highest BCUT2D eigenvalue weighted by molar-refractivity contribution is 5.75. The summed E-state index contributed by atoms with van der Waals surface area (Å²) in [6, 6.07) is 9.81. The summed E-state index contributed by atoms with van der Waals surface area (Å²) in [5.41, 5.74) is 2.92. The molecule has 0 unspecified atom stereocenters. The van der Waals surface area contributed by atoms with Crippen molar-refractivity contribution in [2.24, 2.45) is 0 Å².